The highest BCUT2D eigenvalue weighted by Gasteiger charge is 2.46. The van der Waals surface area contributed by atoms with E-state index in [1.165, 1.54) is 0 Å². The lowest BCUT2D eigenvalue weighted by Gasteiger charge is -2.15. The van der Waals surface area contributed by atoms with E-state index in [0.717, 1.165) is 30.7 Å². The molecule has 1 aromatic rings. The largest absolute Gasteiger partial charge is 0.464 e. The summed E-state index contributed by atoms with van der Waals surface area (Å²) in [6.07, 6.45) is 1.32. The molecule has 0 radical (unpaired) electrons. The van der Waals surface area contributed by atoms with Crippen LogP contribution in [0.25, 0.3) is 0 Å². The van der Waals surface area contributed by atoms with Gasteiger partial charge in [0.15, 0.2) is 15.1 Å². The maximum atomic E-state index is 12.5. The Labute approximate surface area is 135 Å². The van der Waals surface area contributed by atoms with Crippen LogP contribution >= 0.6 is 13.5 Å². The second-order valence-corrected chi connectivity index (χ2v) is 6.96. The van der Waals surface area contributed by atoms with Crippen LogP contribution in [-0.2, 0) is 19.4 Å². The fraction of sp³-hybridized carbons (Fsp3) is 0.462. The normalized spacial score (nSPS) is 21.0. The Bertz CT molecular complexity index is 656. The zero-order valence-electron chi connectivity index (χ0n) is 11.9. The molecule has 0 aromatic heterocycles. The summed E-state index contributed by atoms with van der Waals surface area (Å²) in [5.41, 5.74) is -0.201. The Morgan fingerprint density at radius 3 is 2.41 bits per heavy atom. The van der Waals surface area contributed by atoms with Crippen molar-refractivity contribution in [2.45, 2.75) is 29.9 Å². The van der Waals surface area contributed by atoms with Crippen molar-refractivity contribution in [1.29, 1.82) is 0 Å². The molecule has 1 unspecified atom stereocenters. The van der Waals surface area contributed by atoms with Crippen LogP contribution in [0.2, 0.25) is 0 Å². The number of hydrogen-bond acceptors (Lipinski definition) is 6. The molecular formula is C13H17NO6S2. The predicted molar refractivity (Wildman–Crippen MR) is 83.8 cm³/mol. The van der Waals surface area contributed by atoms with E-state index in [1.54, 1.807) is 0 Å². The van der Waals surface area contributed by atoms with Gasteiger partial charge in [-0.05, 0) is 18.6 Å². The number of benzene rings is 1. The molecule has 1 fully saturated rings. The highest BCUT2D eigenvalue weighted by atomic mass is 32.2. The first-order valence-electron chi connectivity index (χ1n) is 6.53. The molecule has 0 N–H and O–H groups in total. The van der Waals surface area contributed by atoms with Crippen molar-refractivity contribution in [2.24, 2.45) is 5.92 Å². The summed E-state index contributed by atoms with van der Waals surface area (Å²) < 4.78 is 30.0. The number of carbonyl (C=O) groups is 1. The molecule has 2 rings (SSSR count). The molecular weight excluding hydrogens is 330 g/mol. The maximum absolute atomic E-state index is 12.5. The summed E-state index contributed by atoms with van der Waals surface area (Å²) in [6.45, 7) is 2.00. The van der Waals surface area contributed by atoms with Crippen molar-refractivity contribution in [2.75, 3.05) is 6.61 Å². The number of sulfone groups is 1. The fourth-order valence-electron chi connectivity index (χ4n) is 2.44. The SMILES string of the molecule is CCC[C@H]1COC(=O)C1S(=O)(=O)c1ccc([N+](=O)[O-])cc1.S. The highest BCUT2D eigenvalue weighted by Crippen LogP contribution is 2.31. The second-order valence-electron chi connectivity index (χ2n) is 4.90. The van der Waals surface area contributed by atoms with Gasteiger partial charge < -0.3 is 4.74 Å². The summed E-state index contributed by atoms with van der Waals surface area (Å²) in [5, 5.41) is 9.37. The first kappa shape index (κ1) is 18.4. The van der Waals surface area contributed by atoms with Crippen LogP contribution in [-0.4, -0.2) is 31.2 Å². The zero-order valence-corrected chi connectivity index (χ0v) is 13.7. The van der Waals surface area contributed by atoms with Gasteiger partial charge in [0.05, 0.1) is 16.4 Å². The Morgan fingerprint density at radius 2 is 1.91 bits per heavy atom. The van der Waals surface area contributed by atoms with Gasteiger partial charge in [0.25, 0.3) is 5.69 Å². The first-order valence-corrected chi connectivity index (χ1v) is 8.07. The van der Waals surface area contributed by atoms with Gasteiger partial charge in [-0.15, -0.1) is 0 Å². The Morgan fingerprint density at radius 1 is 1.32 bits per heavy atom. The quantitative estimate of drug-likeness (QED) is 0.457. The van der Waals surface area contributed by atoms with Crippen LogP contribution in [0.15, 0.2) is 29.2 Å². The van der Waals surface area contributed by atoms with Gasteiger partial charge in [-0.1, -0.05) is 13.3 Å². The van der Waals surface area contributed by atoms with E-state index in [-0.39, 0.29) is 36.6 Å². The monoisotopic (exact) mass is 347 g/mol. The molecule has 0 bridgehead atoms. The molecule has 122 valence electrons. The minimum Gasteiger partial charge on any atom is -0.464 e. The number of rotatable bonds is 5. The molecule has 1 aliphatic heterocycles. The van der Waals surface area contributed by atoms with Crippen LogP contribution in [0.1, 0.15) is 19.8 Å². The zero-order chi connectivity index (χ0) is 15.6. The standard InChI is InChI=1S/C13H15NO6S.H2S/c1-2-3-9-8-20-13(15)12(9)21(18,19)11-6-4-10(5-7-11)14(16)17;/h4-7,9,12H,2-3,8H2,1H3;1H2/t9-,12?;/m0./s1. The van der Waals surface area contributed by atoms with E-state index < -0.39 is 26.0 Å². The van der Waals surface area contributed by atoms with Crippen molar-refractivity contribution in [3.8, 4) is 0 Å². The predicted octanol–water partition coefficient (Wildman–Crippen LogP) is 1.82. The van der Waals surface area contributed by atoms with Crippen LogP contribution < -0.4 is 0 Å². The van der Waals surface area contributed by atoms with Gasteiger partial charge in [-0.2, -0.15) is 13.5 Å². The molecule has 1 aromatic carbocycles. The maximum Gasteiger partial charge on any atom is 0.325 e. The van der Waals surface area contributed by atoms with Crippen molar-refractivity contribution in [3.05, 3.63) is 34.4 Å². The van der Waals surface area contributed by atoms with E-state index in [9.17, 15) is 23.3 Å². The van der Waals surface area contributed by atoms with Crippen molar-refractivity contribution in [3.63, 3.8) is 0 Å². The molecule has 0 aliphatic carbocycles. The molecule has 9 heteroatoms. The smallest absolute Gasteiger partial charge is 0.325 e. The molecule has 1 saturated heterocycles. The summed E-state index contributed by atoms with van der Waals surface area (Å²) in [4.78, 5) is 21.6. The first-order chi connectivity index (χ1) is 9.87. The van der Waals surface area contributed by atoms with E-state index in [0.29, 0.717) is 6.42 Å². The van der Waals surface area contributed by atoms with E-state index >= 15 is 0 Å². The van der Waals surface area contributed by atoms with Gasteiger partial charge in [-0.3, -0.25) is 14.9 Å². The number of cyclic esters (lactones) is 1. The third-order valence-electron chi connectivity index (χ3n) is 3.47. The molecule has 0 spiro atoms. The van der Waals surface area contributed by atoms with Crippen LogP contribution in [0.5, 0.6) is 0 Å². The Kier molecular flexibility index (Phi) is 5.95. The molecule has 0 amide bonds. The summed E-state index contributed by atoms with van der Waals surface area (Å²) in [5.74, 6) is -1.12. The molecule has 1 heterocycles. The Balaban J connectivity index is 0.00000242. The van der Waals surface area contributed by atoms with Crippen LogP contribution in [0.4, 0.5) is 5.69 Å². The van der Waals surface area contributed by atoms with Crippen molar-refractivity contribution in [1.82, 2.24) is 0 Å². The lowest BCUT2D eigenvalue weighted by molar-refractivity contribution is -0.384. The number of hydrogen-bond donors (Lipinski definition) is 0. The number of nitro benzene ring substituents is 1. The second kappa shape index (κ2) is 7.10. The van der Waals surface area contributed by atoms with Crippen molar-refractivity contribution >= 4 is 35.0 Å². The van der Waals surface area contributed by atoms with Gasteiger partial charge in [0, 0.05) is 18.1 Å². The average Bonchev–Trinajstić information content (AvgIpc) is 2.81. The number of ether oxygens (including phenoxy) is 1. The molecule has 0 saturated carbocycles. The minimum atomic E-state index is -3.90. The fourth-order valence-corrected chi connectivity index (χ4v) is 4.29. The van der Waals surface area contributed by atoms with Crippen LogP contribution in [0.3, 0.4) is 0 Å². The summed E-state index contributed by atoms with van der Waals surface area (Å²) >= 11 is 0. The average molecular weight is 347 g/mol. The van der Waals surface area contributed by atoms with Gasteiger partial charge in [0.1, 0.15) is 0 Å². The van der Waals surface area contributed by atoms with Gasteiger partial charge >= 0.3 is 5.97 Å². The lowest BCUT2D eigenvalue weighted by atomic mass is 10.0. The highest BCUT2D eigenvalue weighted by molar-refractivity contribution is 7.92. The summed E-state index contributed by atoms with van der Waals surface area (Å²) in [6, 6.07) is 4.54. The number of esters is 1. The lowest BCUT2D eigenvalue weighted by Crippen LogP contribution is -2.32. The van der Waals surface area contributed by atoms with Gasteiger partial charge in [0.2, 0.25) is 0 Å². The molecule has 7 nitrogen and oxygen atoms in total. The third-order valence-corrected chi connectivity index (χ3v) is 5.65. The molecule has 22 heavy (non-hydrogen) atoms. The van der Waals surface area contributed by atoms with E-state index in [1.807, 2.05) is 6.92 Å². The van der Waals surface area contributed by atoms with Gasteiger partial charge in [-0.25, -0.2) is 8.42 Å². The molecule has 1 aliphatic rings. The molecule has 2 atom stereocenters. The minimum absolute atomic E-state index is 0. The third kappa shape index (κ3) is 3.41. The van der Waals surface area contributed by atoms with E-state index in [2.05, 4.69) is 0 Å². The Hall–Kier alpha value is -1.61. The van der Waals surface area contributed by atoms with E-state index in [4.69, 9.17) is 4.74 Å². The number of nitro groups is 1. The number of non-ortho nitro benzene ring substituents is 1. The topological polar surface area (TPSA) is 104 Å². The van der Waals surface area contributed by atoms with Crippen LogP contribution in [0, 0.1) is 16.0 Å². The number of carbonyl (C=O) groups excluding carboxylic acids is 1. The summed E-state index contributed by atoms with van der Waals surface area (Å²) in [7, 11) is -3.90. The number of nitrogens with zero attached hydrogens (tertiary/aromatic N) is 1. The van der Waals surface area contributed by atoms with Crippen molar-refractivity contribution < 1.29 is 22.9 Å².